The first kappa shape index (κ1) is 29.2. The van der Waals surface area contributed by atoms with E-state index in [0.717, 1.165) is 31.8 Å². The molecule has 0 radical (unpaired) electrons. The van der Waals surface area contributed by atoms with Crippen molar-refractivity contribution in [2.24, 2.45) is 11.8 Å². The molecular formula is C22H38F6O2. The number of ether oxygens (including phenoxy) is 2. The summed E-state index contributed by atoms with van der Waals surface area (Å²) in [6.45, 7) is 6.40. The summed E-state index contributed by atoms with van der Waals surface area (Å²) in [4.78, 5) is 0. The van der Waals surface area contributed by atoms with E-state index < -0.39 is 31.4 Å². The number of hydrogen-bond donors (Lipinski definition) is 0. The molecule has 0 aromatic rings. The van der Waals surface area contributed by atoms with Crippen LogP contribution in [0.5, 0.6) is 0 Å². The van der Waals surface area contributed by atoms with Crippen LogP contribution in [-0.4, -0.2) is 31.4 Å². The van der Waals surface area contributed by atoms with Crippen molar-refractivity contribution in [3.63, 3.8) is 0 Å². The molecule has 0 saturated carbocycles. The zero-order chi connectivity index (χ0) is 23.4. The van der Waals surface area contributed by atoms with Crippen LogP contribution in [0.3, 0.4) is 0 Å². The largest absolute Gasteiger partial charge is 0.411 e. The van der Waals surface area contributed by atoms with Gasteiger partial charge in [-0.05, 0) is 44.9 Å². The molecule has 0 bridgehead atoms. The fourth-order valence-electron chi connectivity index (χ4n) is 3.09. The predicted molar refractivity (Wildman–Crippen MR) is 107 cm³/mol. The standard InChI is InChI=1S/C22H38F6O2/c1-17(2)9-6-10-18(3)11-7-12-19(4)13-8-14-20(5,29-15-21(23,24)25)30-16-22(26,27)28/h13,17-18H,6-12,14-16H2,1-5H3/b19-13-/t18-/m1/s1. The topological polar surface area (TPSA) is 18.5 Å². The van der Waals surface area contributed by atoms with Gasteiger partial charge in [-0.25, -0.2) is 0 Å². The molecule has 8 heteroatoms. The second-order valence-electron chi connectivity index (χ2n) is 8.85. The van der Waals surface area contributed by atoms with E-state index in [2.05, 4.69) is 30.2 Å². The molecule has 0 rings (SSSR count). The molecule has 0 N–H and O–H groups in total. The summed E-state index contributed by atoms with van der Waals surface area (Å²) in [7, 11) is 0. The Balaban J connectivity index is 4.44. The highest BCUT2D eigenvalue weighted by molar-refractivity contribution is 4.98. The highest BCUT2D eigenvalue weighted by atomic mass is 19.4. The zero-order valence-electron chi connectivity index (χ0n) is 18.9. The first-order valence-electron chi connectivity index (χ1n) is 10.7. The third kappa shape index (κ3) is 18.0. The maximum atomic E-state index is 12.4. The van der Waals surface area contributed by atoms with Crippen molar-refractivity contribution >= 4 is 0 Å². The van der Waals surface area contributed by atoms with E-state index in [1.165, 1.54) is 19.3 Å². The Kier molecular flexibility index (Phi) is 13.3. The lowest BCUT2D eigenvalue weighted by Gasteiger charge is -2.30. The van der Waals surface area contributed by atoms with Gasteiger partial charge in [-0.15, -0.1) is 0 Å². The summed E-state index contributed by atoms with van der Waals surface area (Å²) in [6, 6.07) is 0. The molecule has 0 amide bonds. The summed E-state index contributed by atoms with van der Waals surface area (Å²) in [5.74, 6) is -0.591. The second-order valence-corrected chi connectivity index (χ2v) is 8.85. The predicted octanol–water partition coefficient (Wildman–Crippen LogP) is 8.22. The molecule has 0 spiro atoms. The number of hydrogen-bond acceptors (Lipinski definition) is 2. The Morgan fingerprint density at radius 3 is 1.80 bits per heavy atom. The van der Waals surface area contributed by atoms with E-state index in [1.54, 1.807) is 0 Å². The normalized spacial score (nSPS) is 15.1. The monoisotopic (exact) mass is 448 g/mol. The molecule has 2 nitrogen and oxygen atoms in total. The van der Waals surface area contributed by atoms with E-state index >= 15 is 0 Å². The average Bonchev–Trinajstić information content (AvgIpc) is 2.57. The third-order valence-electron chi connectivity index (χ3n) is 4.92. The minimum atomic E-state index is -4.64. The van der Waals surface area contributed by atoms with Gasteiger partial charge in [0.1, 0.15) is 13.2 Å². The number of rotatable bonds is 15. The Morgan fingerprint density at radius 2 is 1.33 bits per heavy atom. The minimum Gasteiger partial charge on any atom is -0.341 e. The zero-order valence-corrected chi connectivity index (χ0v) is 18.9. The molecule has 0 fully saturated rings. The third-order valence-corrected chi connectivity index (χ3v) is 4.92. The lowest BCUT2D eigenvalue weighted by molar-refractivity contribution is -0.305. The van der Waals surface area contributed by atoms with Crippen LogP contribution in [0.1, 0.15) is 86.0 Å². The van der Waals surface area contributed by atoms with Crippen molar-refractivity contribution in [2.75, 3.05) is 13.2 Å². The van der Waals surface area contributed by atoms with Crippen LogP contribution >= 0.6 is 0 Å². The first-order valence-corrected chi connectivity index (χ1v) is 10.7. The Labute approximate surface area is 177 Å². The van der Waals surface area contributed by atoms with Gasteiger partial charge in [0.15, 0.2) is 5.79 Å². The summed E-state index contributed by atoms with van der Waals surface area (Å²) < 4.78 is 83.8. The molecule has 0 heterocycles. The molecular weight excluding hydrogens is 410 g/mol. The van der Waals surface area contributed by atoms with Gasteiger partial charge >= 0.3 is 12.4 Å². The van der Waals surface area contributed by atoms with Gasteiger partial charge in [0, 0.05) is 6.42 Å². The van der Waals surface area contributed by atoms with Gasteiger partial charge in [0.05, 0.1) is 0 Å². The molecule has 0 aliphatic carbocycles. The molecule has 1 atom stereocenters. The summed E-state index contributed by atoms with van der Waals surface area (Å²) in [5.41, 5.74) is 1.07. The molecule has 30 heavy (non-hydrogen) atoms. The minimum absolute atomic E-state index is 0.0951. The van der Waals surface area contributed by atoms with Crippen LogP contribution in [0.4, 0.5) is 26.3 Å². The van der Waals surface area contributed by atoms with E-state index in [4.69, 9.17) is 0 Å². The van der Waals surface area contributed by atoms with Crippen LogP contribution in [0.25, 0.3) is 0 Å². The van der Waals surface area contributed by atoms with Gasteiger partial charge in [0.25, 0.3) is 0 Å². The highest BCUT2D eigenvalue weighted by Gasteiger charge is 2.38. The Morgan fingerprint density at radius 1 is 0.833 bits per heavy atom. The van der Waals surface area contributed by atoms with Gasteiger partial charge in [-0.2, -0.15) is 26.3 Å². The first-order chi connectivity index (χ1) is 13.6. The van der Waals surface area contributed by atoms with Gasteiger partial charge in [-0.3, -0.25) is 0 Å². The van der Waals surface area contributed by atoms with Crippen LogP contribution in [0, 0.1) is 11.8 Å². The van der Waals surface area contributed by atoms with Gasteiger partial charge in [0.2, 0.25) is 0 Å². The number of allylic oxidation sites excluding steroid dienone is 2. The summed E-state index contributed by atoms with van der Waals surface area (Å²) in [5, 5.41) is 0. The van der Waals surface area contributed by atoms with E-state index in [0.29, 0.717) is 11.8 Å². The number of halogens is 6. The van der Waals surface area contributed by atoms with E-state index in [-0.39, 0.29) is 12.8 Å². The molecule has 0 aliphatic heterocycles. The molecule has 0 saturated heterocycles. The van der Waals surface area contributed by atoms with E-state index in [1.807, 2.05) is 13.0 Å². The van der Waals surface area contributed by atoms with Gasteiger partial charge < -0.3 is 9.47 Å². The molecule has 0 aliphatic rings. The fraction of sp³-hybridized carbons (Fsp3) is 0.909. The fourth-order valence-corrected chi connectivity index (χ4v) is 3.09. The highest BCUT2D eigenvalue weighted by Crippen LogP contribution is 2.28. The quantitative estimate of drug-likeness (QED) is 0.143. The van der Waals surface area contributed by atoms with Crippen LogP contribution in [-0.2, 0) is 9.47 Å². The van der Waals surface area contributed by atoms with Crippen molar-refractivity contribution in [2.45, 2.75) is 104 Å². The van der Waals surface area contributed by atoms with Crippen LogP contribution < -0.4 is 0 Å². The lowest BCUT2D eigenvalue weighted by atomic mass is 9.94. The molecule has 0 unspecified atom stereocenters. The second kappa shape index (κ2) is 13.6. The SMILES string of the molecule is C/C(=C/CCC(C)(OCC(F)(F)F)OCC(F)(F)F)CCC[C@H](C)CCCC(C)C. The van der Waals surface area contributed by atoms with Crippen molar-refractivity contribution < 1.29 is 35.8 Å². The van der Waals surface area contributed by atoms with Crippen molar-refractivity contribution in [1.82, 2.24) is 0 Å². The van der Waals surface area contributed by atoms with Crippen LogP contribution in [0.2, 0.25) is 0 Å². The smallest absolute Gasteiger partial charge is 0.341 e. The molecule has 0 aromatic heterocycles. The van der Waals surface area contributed by atoms with Crippen molar-refractivity contribution in [3.8, 4) is 0 Å². The molecule has 180 valence electrons. The van der Waals surface area contributed by atoms with Crippen LogP contribution in [0.15, 0.2) is 11.6 Å². The summed E-state index contributed by atoms with van der Waals surface area (Å²) >= 11 is 0. The Hall–Kier alpha value is -0.760. The van der Waals surface area contributed by atoms with Crippen molar-refractivity contribution in [1.29, 1.82) is 0 Å². The van der Waals surface area contributed by atoms with E-state index in [9.17, 15) is 26.3 Å². The lowest BCUT2D eigenvalue weighted by Crippen LogP contribution is -2.39. The van der Waals surface area contributed by atoms with Crippen molar-refractivity contribution in [3.05, 3.63) is 11.6 Å². The number of alkyl halides is 6. The average molecular weight is 449 g/mol. The summed E-state index contributed by atoms with van der Waals surface area (Å²) in [6.07, 6.45) is -0.621. The maximum absolute atomic E-state index is 12.4. The maximum Gasteiger partial charge on any atom is 0.411 e. The Bertz CT molecular complexity index is 465. The van der Waals surface area contributed by atoms with Gasteiger partial charge in [-0.1, -0.05) is 58.1 Å². The molecule has 0 aromatic carbocycles.